The summed E-state index contributed by atoms with van der Waals surface area (Å²) < 4.78 is 0. The van der Waals surface area contributed by atoms with Crippen LogP contribution < -0.4 is 5.73 Å². The van der Waals surface area contributed by atoms with Gasteiger partial charge in [0, 0.05) is 11.1 Å². The number of amidine groups is 2. The predicted molar refractivity (Wildman–Crippen MR) is 170 cm³/mol. The highest BCUT2D eigenvalue weighted by molar-refractivity contribution is 6.31. The van der Waals surface area contributed by atoms with E-state index >= 15 is 0 Å². The molecular weight excluding hydrogens is 486 g/mol. The Morgan fingerprint density at radius 3 is 1.55 bits per heavy atom. The third-order valence-electron chi connectivity index (χ3n) is 7.56. The first kappa shape index (κ1) is 23.8. The maximum Gasteiger partial charge on any atom is 0.157 e. The molecule has 7 aromatic carbocycles. The summed E-state index contributed by atoms with van der Waals surface area (Å²) in [5.41, 5.74) is 9.42. The van der Waals surface area contributed by atoms with E-state index in [0.717, 1.165) is 16.7 Å². The normalized spacial score (nSPS) is 12.5. The number of rotatable bonds is 4. The highest BCUT2D eigenvalue weighted by Crippen LogP contribution is 2.40. The Morgan fingerprint density at radius 2 is 0.925 bits per heavy atom. The lowest BCUT2D eigenvalue weighted by Crippen LogP contribution is -2.16. The summed E-state index contributed by atoms with van der Waals surface area (Å²) in [6, 6.07) is 48.3. The van der Waals surface area contributed by atoms with Gasteiger partial charge < -0.3 is 5.73 Å². The quantitative estimate of drug-likeness (QED) is 0.143. The number of nitrogens with zero attached hydrogens (tertiary/aromatic N) is 2. The standard InChI is InChI=1S/C37H27N3/c38-36(25-13-3-1-4-14-25)40-37(26-15-5-2-6-16-26)39-24-27-23-34-31-20-9-8-18-29(31)30-19-10-12-22-33(30)35(34)32-21-11-7-17-28(27)32/h1-23H,24H2,(H2,38,39,40). The van der Waals surface area contributed by atoms with Crippen molar-refractivity contribution >= 4 is 54.8 Å². The molecule has 3 nitrogen and oxygen atoms in total. The monoisotopic (exact) mass is 513 g/mol. The van der Waals surface area contributed by atoms with Crippen molar-refractivity contribution in [3.05, 3.63) is 156 Å². The Labute approximate surface area is 232 Å². The van der Waals surface area contributed by atoms with E-state index in [1.807, 2.05) is 60.7 Å². The summed E-state index contributed by atoms with van der Waals surface area (Å²) in [6.07, 6.45) is 0. The van der Waals surface area contributed by atoms with Crippen LogP contribution in [-0.4, -0.2) is 11.7 Å². The van der Waals surface area contributed by atoms with Crippen LogP contribution in [0.3, 0.4) is 0 Å². The fourth-order valence-electron chi connectivity index (χ4n) is 5.70. The Kier molecular flexibility index (Phi) is 6.02. The lowest BCUT2D eigenvalue weighted by atomic mass is 9.89. The van der Waals surface area contributed by atoms with Crippen molar-refractivity contribution in [3.8, 4) is 0 Å². The van der Waals surface area contributed by atoms with E-state index in [2.05, 4.69) is 78.9 Å². The molecule has 0 saturated heterocycles. The smallest absolute Gasteiger partial charge is 0.157 e. The van der Waals surface area contributed by atoms with Gasteiger partial charge in [-0.2, -0.15) is 0 Å². The lowest BCUT2D eigenvalue weighted by molar-refractivity contribution is 1.08. The van der Waals surface area contributed by atoms with E-state index in [1.54, 1.807) is 0 Å². The first-order chi connectivity index (χ1) is 19.8. The van der Waals surface area contributed by atoms with Crippen LogP contribution in [0.2, 0.25) is 0 Å². The second-order valence-electron chi connectivity index (χ2n) is 9.96. The molecule has 0 radical (unpaired) electrons. The van der Waals surface area contributed by atoms with Crippen LogP contribution in [0.15, 0.2) is 150 Å². The van der Waals surface area contributed by atoms with Crippen LogP contribution in [-0.2, 0) is 6.54 Å². The van der Waals surface area contributed by atoms with Crippen molar-refractivity contribution in [3.63, 3.8) is 0 Å². The van der Waals surface area contributed by atoms with Gasteiger partial charge in [0.25, 0.3) is 0 Å². The highest BCUT2D eigenvalue weighted by atomic mass is 15.0. The minimum atomic E-state index is 0.448. The first-order valence-corrected chi connectivity index (χ1v) is 13.5. The van der Waals surface area contributed by atoms with E-state index in [0.29, 0.717) is 18.2 Å². The Bertz CT molecular complexity index is 2070. The van der Waals surface area contributed by atoms with E-state index < -0.39 is 0 Å². The SMILES string of the molecule is NC(=NC(=NCc1cc2c3ccccc3c3ccccc3c2c2ccccc12)c1ccccc1)c1ccccc1. The average Bonchev–Trinajstić information content (AvgIpc) is 3.03. The molecule has 0 bridgehead atoms. The molecule has 0 amide bonds. The van der Waals surface area contributed by atoms with Gasteiger partial charge in [-0.15, -0.1) is 0 Å². The number of hydrogen-bond acceptors (Lipinski definition) is 1. The first-order valence-electron chi connectivity index (χ1n) is 13.5. The van der Waals surface area contributed by atoms with Gasteiger partial charge in [-0.25, -0.2) is 4.99 Å². The van der Waals surface area contributed by atoms with Gasteiger partial charge in [0.1, 0.15) is 5.84 Å². The summed E-state index contributed by atoms with van der Waals surface area (Å²) in [4.78, 5) is 9.89. The number of nitrogens with two attached hydrogens (primary N) is 1. The Morgan fingerprint density at radius 1 is 0.475 bits per heavy atom. The van der Waals surface area contributed by atoms with Gasteiger partial charge in [0.2, 0.25) is 0 Å². The molecule has 0 spiro atoms. The largest absolute Gasteiger partial charge is 0.383 e. The van der Waals surface area contributed by atoms with Crippen molar-refractivity contribution in [2.45, 2.75) is 6.54 Å². The maximum atomic E-state index is 6.45. The van der Waals surface area contributed by atoms with Gasteiger partial charge in [-0.05, 0) is 54.7 Å². The third-order valence-corrected chi connectivity index (χ3v) is 7.56. The number of aliphatic imine (C=N–C) groups is 2. The number of benzene rings is 7. The molecule has 7 rings (SSSR count). The molecule has 0 aliphatic heterocycles. The topological polar surface area (TPSA) is 50.7 Å². The molecule has 0 aliphatic carbocycles. The molecule has 3 heteroatoms. The van der Waals surface area contributed by atoms with E-state index in [-0.39, 0.29) is 0 Å². The molecule has 0 aromatic heterocycles. The summed E-state index contributed by atoms with van der Waals surface area (Å²) in [5, 5.41) is 10.0. The van der Waals surface area contributed by atoms with E-state index in [9.17, 15) is 0 Å². The van der Waals surface area contributed by atoms with Crippen LogP contribution >= 0.6 is 0 Å². The molecule has 0 aliphatic rings. The van der Waals surface area contributed by atoms with E-state index in [4.69, 9.17) is 15.7 Å². The van der Waals surface area contributed by atoms with Crippen molar-refractivity contribution in [1.29, 1.82) is 0 Å². The molecular formula is C37H27N3. The van der Waals surface area contributed by atoms with Gasteiger partial charge in [0.05, 0.1) is 6.54 Å². The van der Waals surface area contributed by atoms with Crippen molar-refractivity contribution < 1.29 is 0 Å². The van der Waals surface area contributed by atoms with Crippen LogP contribution in [0.1, 0.15) is 16.7 Å². The van der Waals surface area contributed by atoms with Crippen molar-refractivity contribution in [1.82, 2.24) is 0 Å². The van der Waals surface area contributed by atoms with Gasteiger partial charge in [-0.3, -0.25) is 4.99 Å². The van der Waals surface area contributed by atoms with Crippen LogP contribution in [0.4, 0.5) is 0 Å². The molecule has 7 aromatic rings. The fourth-order valence-corrected chi connectivity index (χ4v) is 5.70. The maximum absolute atomic E-state index is 6.45. The predicted octanol–water partition coefficient (Wildman–Crippen LogP) is 8.65. The van der Waals surface area contributed by atoms with Crippen LogP contribution in [0, 0.1) is 0 Å². The minimum absolute atomic E-state index is 0.448. The zero-order valence-electron chi connectivity index (χ0n) is 22.0. The minimum Gasteiger partial charge on any atom is -0.383 e. The number of fused-ring (bicyclic) bond motifs is 8. The second-order valence-corrected chi connectivity index (χ2v) is 9.96. The molecule has 0 saturated carbocycles. The van der Waals surface area contributed by atoms with E-state index in [1.165, 1.54) is 43.1 Å². The van der Waals surface area contributed by atoms with Crippen molar-refractivity contribution in [2.24, 2.45) is 15.7 Å². The summed E-state index contributed by atoms with van der Waals surface area (Å²) in [5.74, 6) is 1.07. The summed E-state index contributed by atoms with van der Waals surface area (Å²) in [6.45, 7) is 0.480. The van der Waals surface area contributed by atoms with Crippen LogP contribution in [0.25, 0.3) is 43.1 Å². The number of hydrogen-bond donors (Lipinski definition) is 1. The summed E-state index contributed by atoms with van der Waals surface area (Å²) in [7, 11) is 0. The molecule has 0 heterocycles. The lowest BCUT2D eigenvalue weighted by Gasteiger charge is -2.15. The zero-order chi connectivity index (χ0) is 26.9. The van der Waals surface area contributed by atoms with Gasteiger partial charge >= 0.3 is 0 Å². The highest BCUT2D eigenvalue weighted by Gasteiger charge is 2.14. The third kappa shape index (κ3) is 4.18. The zero-order valence-corrected chi connectivity index (χ0v) is 22.0. The molecule has 190 valence electrons. The van der Waals surface area contributed by atoms with Crippen molar-refractivity contribution in [2.75, 3.05) is 0 Å². The van der Waals surface area contributed by atoms with Gasteiger partial charge in [0.15, 0.2) is 5.84 Å². The van der Waals surface area contributed by atoms with Crippen LogP contribution in [0.5, 0.6) is 0 Å². The fraction of sp³-hybridized carbons (Fsp3) is 0.0270. The average molecular weight is 514 g/mol. The van der Waals surface area contributed by atoms with Gasteiger partial charge in [-0.1, -0.05) is 133 Å². The molecule has 0 fully saturated rings. The molecule has 0 atom stereocenters. The molecule has 40 heavy (non-hydrogen) atoms. The molecule has 2 N–H and O–H groups in total. The molecule has 0 unspecified atom stereocenters. The Balaban J connectivity index is 1.46. The Hall–Kier alpha value is -5.28. The summed E-state index contributed by atoms with van der Waals surface area (Å²) >= 11 is 0. The second kappa shape index (κ2) is 10.1.